The minimum atomic E-state index is 0.149. The van der Waals surface area contributed by atoms with Gasteiger partial charge in [0.25, 0.3) is 0 Å². The number of carbonyl (C=O) groups excluding carboxylic acids is 1. The lowest BCUT2D eigenvalue weighted by atomic mass is 9.91. The summed E-state index contributed by atoms with van der Waals surface area (Å²) in [6, 6.07) is 6.00. The van der Waals surface area contributed by atoms with Gasteiger partial charge in [0.2, 0.25) is 12.7 Å². The molecule has 6 nitrogen and oxygen atoms in total. The van der Waals surface area contributed by atoms with Gasteiger partial charge in [0, 0.05) is 30.1 Å². The largest absolute Gasteiger partial charge is 0.454 e. The van der Waals surface area contributed by atoms with E-state index in [-0.39, 0.29) is 18.7 Å². The van der Waals surface area contributed by atoms with Crippen molar-refractivity contribution in [3.63, 3.8) is 0 Å². The Morgan fingerprint density at radius 1 is 1.35 bits per heavy atom. The van der Waals surface area contributed by atoms with Crippen molar-refractivity contribution in [2.24, 2.45) is 11.7 Å². The summed E-state index contributed by atoms with van der Waals surface area (Å²) in [4.78, 5) is 19.1. The van der Waals surface area contributed by atoms with E-state index in [4.69, 9.17) is 15.2 Å². The number of amides is 1. The molecule has 1 saturated heterocycles. The van der Waals surface area contributed by atoms with Gasteiger partial charge in [-0.3, -0.25) is 4.79 Å². The predicted octanol–water partition coefficient (Wildman–Crippen LogP) is 2.67. The molecule has 1 aromatic heterocycles. The second-order valence-corrected chi connectivity index (χ2v) is 7.82. The van der Waals surface area contributed by atoms with Crippen LogP contribution >= 0.6 is 11.3 Å². The third-order valence-corrected chi connectivity index (χ3v) is 6.08. The van der Waals surface area contributed by atoms with Crippen LogP contribution in [0.3, 0.4) is 0 Å². The summed E-state index contributed by atoms with van der Waals surface area (Å²) < 4.78 is 10.8. The first-order valence-electron chi connectivity index (χ1n) is 8.98. The summed E-state index contributed by atoms with van der Waals surface area (Å²) in [5, 5.41) is 2.86. The Hall–Kier alpha value is -2.12. The number of thiazole rings is 1. The number of fused-ring (bicyclic) bond motifs is 1. The number of rotatable bonds is 4. The Labute approximate surface area is 156 Å². The Balaban J connectivity index is 1.39. The molecule has 3 heterocycles. The van der Waals surface area contributed by atoms with Crippen LogP contribution in [-0.2, 0) is 11.2 Å². The van der Waals surface area contributed by atoms with E-state index in [2.05, 4.69) is 11.9 Å². The third-order valence-electron chi connectivity index (χ3n) is 5.14. The SMILES string of the molecule is CC(N)C1CCN(C(=O)Cc2csc(-c3ccc4c(c3)OCO4)n2)CC1. The number of hydrogen-bond donors (Lipinski definition) is 1. The fraction of sp³-hybridized carbons (Fsp3) is 0.474. The smallest absolute Gasteiger partial charge is 0.231 e. The van der Waals surface area contributed by atoms with Gasteiger partial charge in [-0.15, -0.1) is 11.3 Å². The van der Waals surface area contributed by atoms with Crippen LogP contribution in [0.4, 0.5) is 0 Å². The van der Waals surface area contributed by atoms with E-state index in [9.17, 15) is 4.79 Å². The van der Waals surface area contributed by atoms with Gasteiger partial charge in [-0.2, -0.15) is 0 Å². The molecule has 1 amide bonds. The highest BCUT2D eigenvalue weighted by molar-refractivity contribution is 7.13. The number of benzene rings is 1. The van der Waals surface area contributed by atoms with Crippen molar-refractivity contribution in [3.05, 3.63) is 29.3 Å². The predicted molar refractivity (Wildman–Crippen MR) is 100 cm³/mol. The molecular weight excluding hydrogens is 350 g/mol. The minimum absolute atomic E-state index is 0.149. The van der Waals surface area contributed by atoms with Crippen molar-refractivity contribution in [1.82, 2.24) is 9.88 Å². The Bertz CT molecular complexity index is 797. The summed E-state index contributed by atoms with van der Waals surface area (Å²) in [6.45, 7) is 3.90. The summed E-state index contributed by atoms with van der Waals surface area (Å²) in [5.74, 6) is 2.18. The first-order valence-corrected chi connectivity index (χ1v) is 9.86. The molecule has 26 heavy (non-hydrogen) atoms. The second-order valence-electron chi connectivity index (χ2n) is 6.97. The highest BCUT2D eigenvalue weighted by Crippen LogP contribution is 2.36. The van der Waals surface area contributed by atoms with Crippen LogP contribution in [0.25, 0.3) is 10.6 Å². The molecule has 0 bridgehead atoms. The quantitative estimate of drug-likeness (QED) is 0.891. The third kappa shape index (κ3) is 3.54. The first-order chi connectivity index (χ1) is 12.6. The Morgan fingerprint density at radius 2 is 2.12 bits per heavy atom. The fourth-order valence-electron chi connectivity index (χ4n) is 3.49. The molecule has 2 N–H and O–H groups in total. The van der Waals surface area contributed by atoms with Crippen molar-refractivity contribution in [3.8, 4) is 22.1 Å². The fourth-order valence-corrected chi connectivity index (χ4v) is 4.31. The topological polar surface area (TPSA) is 77.7 Å². The number of piperidine rings is 1. The summed E-state index contributed by atoms with van der Waals surface area (Å²) in [5.41, 5.74) is 7.78. The normalized spacial score (nSPS) is 18.2. The maximum Gasteiger partial charge on any atom is 0.231 e. The lowest BCUT2D eigenvalue weighted by Gasteiger charge is -2.33. The van der Waals surface area contributed by atoms with Crippen molar-refractivity contribution in [2.75, 3.05) is 19.9 Å². The molecule has 1 unspecified atom stereocenters. The molecule has 2 aromatic rings. The zero-order chi connectivity index (χ0) is 18.1. The lowest BCUT2D eigenvalue weighted by molar-refractivity contribution is -0.132. The van der Waals surface area contributed by atoms with Gasteiger partial charge in [-0.25, -0.2) is 4.98 Å². The zero-order valence-electron chi connectivity index (χ0n) is 14.8. The summed E-state index contributed by atoms with van der Waals surface area (Å²) in [7, 11) is 0. The average Bonchev–Trinajstić information content (AvgIpc) is 3.30. The number of aromatic nitrogens is 1. The average molecular weight is 373 g/mol. The molecule has 7 heteroatoms. The second kappa shape index (κ2) is 7.25. The molecule has 0 aliphatic carbocycles. The molecule has 0 saturated carbocycles. The number of carbonyl (C=O) groups is 1. The number of ether oxygens (including phenoxy) is 2. The molecule has 2 aliphatic heterocycles. The molecule has 1 atom stereocenters. The van der Waals surface area contributed by atoms with Gasteiger partial charge in [-0.1, -0.05) is 0 Å². The number of nitrogens with zero attached hydrogens (tertiary/aromatic N) is 2. The minimum Gasteiger partial charge on any atom is -0.454 e. The number of likely N-dealkylation sites (tertiary alicyclic amines) is 1. The lowest BCUT2D eigenvalue weighted by Crippen LogP contribution is -2.43. The van der Waals surface area contributed by atoms with Gasteiger partial charge in [0.05, 0.1) is 12.1 Å². The molecule has 2 aliphatic rings. The summed E-state index contributed by atoms with van der Waals surface area (Å²) >= 11 is 1.55. The van der Waals surface area contributed by atoms with Gasteiger partial charge in [-0.05, 0) is 43.9 Å². The van der Waals surface area contributed by atoms with Crippen LogP contribution in [0.1, 0.15) is 25.5 Å². The van der Waals surface area contributed by atoms with E-state index < -0.39 is 0 Å². The maximum absolute atomic E-state index is 12.6. The van der Waals surface area contributed by atoms with E-state index >= 15 is 0 Å². The highest BCUT2D eigenvalue weighted by Gasteiger charge is 2.25. The van der Waals surface area contributed by atoms with Gasteiger partial charge in [0.1, 0.15) is 5.01 Å². The van der Waals surface area contributed by atoms with Crippen LogP contribution in [0.2, 0.25) is 0 Å². The van der Waals surface area contributed by atoms with Crippen LogP contribution in [0.5, 0.6) is 11.5 Å². The van der Waals surface area contributed by atoms with Gasteiger partial charge in [0.15, 0.2) is 11.5 Å². The molecule has 0 spiro atoms. The van der Waals surface area contributed by atoms with Crippen LogP contribution in [0.15, 0.2) is 23.6 Å². The molecular formula is C19H23N3O3S. The highest BCUT2D eigenvalue weighted by atomic mass is 32.1. The van der Waals surface area contributed by atoms with Gasteiger partial charge >= 0.3 is 0 Å². The van der Waals surface area contributed by atoms with Gasteiger partial charge < -0.3 is 20.1 Å². The molecule has 4 rings (SSSR count). The zero-order valence-corrected chi connectivity index (χ0v) is 15.6. The number of hydrogen-bond acceptors (Lipinski definition) is 6. The first kappa shape index (κ1) is 17.3. The van der Waals surface area contributed by atoms with E-state index in [0.717, 1.165) is 53.7 Å². The van der Waals surface area contributed by atoms with Crippen LogP contribution < -0.4 is 15.2 Å². The van der Waals surface area contributed by atoms with Crippen LogP contribution in [0, 0.1) is 5.92 Å². The maximum atomic E-state index is 12.6. The molecule has 0 radical (unpaired) electrons. The van der Waals surface area contributed by atoms with E-state index in [1.807, 2.05) is 28.5 Å². The Kier molecular flexibility index (Phi) is 4.82. The van der Waals surface area contributed by atoms with Crippen molar-refractivity contribution < 1.29 is 14.3 Å². The van der Waals surface area contributed by atoms with Crippen LogP contribution in [-0.4, -0.2) is 41.7 Å². The molecule has 1 aromatic carbocycles. The number of nitrogens with two attached hydrogens (primary N) is 1. The van der Waals surface area contributed by atoms with Crippen molar-refractivity contribution in [1.29, 1.82) is 0 Å². The monoisotopic (exact) mass is 373 g/mol. The Morgan fingerprint density at radius 3 is 2.88 bits per heavy atom. The van der Waals surface area contributed by atoms with Crippen molar-refractivity contribution in [2.45, 2.75) is 32.2 Å². The van der Waals surface area contributed by atoms with E-state index in [0.29, 0.717) is 12.3 Å². The van der Waals surface area contributed by atoms with E-state index in [1.54, 1.807) is 11.3 Å². The van der Waals surface area contributed by atoms with Crippen molar-refractivity contribution >= 4 is 17.2 Å². The molecule has 1 fully saturated rings. The summed E-state index contributed by atoms with van der Waals surface area (Å²) in [6.07, 6.45) is 2.33. The van der Waals surface area contributed by atoms with E-state index in [1.165, 1.54) is 0 Å². The standard InChI is InChI=1S/C19H23N3O3S/c1-12(20)13-4-6-22(7-5-13)18(23)9-15-10-26-19(21-15)14-2-3-16-17(8-14)25-11-24-16/h2-3,8,10,12-13H,4-7,9,11,20H2,1H3. The molecule has 138 valence electrons.